The van der Waals surface area contributed by atoms with Crippen LogP contribution in [0.3, 0.4) is 0 Å². The molecule has 2 aromatic carbocycles. The highest BCUT2D eigenvalue weighted by atomic mass is 16.3. The van der Waals surface area contributed by atoms with E-state index in [1.54, 1.807) is 14.1 Å². The van der Waals surface area contributed by atoms with Gasteiger partial charge in [0.15, 0.2) is 0 Å². The normalized spacial score (nSPS) is 12.4. The maximum absolute atomic E-state index is 5.99. The summed E-state index contributed by atoms with van der Waals surface area (Å²) in [6.45, 7) is 0. The van der Waals surface area contributed by atoms with Gasteiger partial charge in [-0.1, -0.05) is 48.5 Å². The van der Waals surface area contributed by atoms with Crippen LogP contribution in [-0.4, -0.2) is 25.8 Å². The van der Waals surface area contributed by atoms with E-state index in [0.717, 1.165) is 33.8 Å². The molecule has 0 aliphatic rings. The number of hydrogen-bond acceptors (Lipinski definition) is 3. The van der Waals surface area contributed by atoms with Crippen LogP contribution in [0.1, 0.15) is 11.1 Å². The minimum atomic E-state index is 0.515. The Morgan fingerprint density at radius 2 is 1.00 bits per heavy atom. The second kappa shape index (κ2) is 7.05. The number of nitrogens with two attached hydrogens (primary N) is 2. The number of hydrogen-bond donors (Lipinski definition) is 2. The third kappa shape index (κ3) is 3.45. The van der Waals surface area contributed by atoms with Crippen LogP contribution in [0.4, 0.5) is 0 Å². The van der Waals surface area contributed by atoms with Crippen LogP contribution in [0.15, 0.2) is 75.1 Å². The van der Waals surface area contributed by atoms with E-state index >= 15 is 0 Å². The summed E-state index contributed by atoms with van der Waals surface area (Å²) in [5, 5.41) is 0. The average molecular weight is 332 g/mol. The van der Waals surface area contributed by atoms with Crippen molar-refractivity contribution in [3.63, 3.8) is 0 Å². The molecule has 0 aliphatic carbocycles. The minimum absolute atomic E-state index is 0.515. The highest BCUT2D eigenvalue weighted by Crippen LogP contribution is 2.28. The quantitative estimate of drug-likeness (QED) is 0.567. The summed E-state index contributed by atoms with van der Waals surface area (Å²) in [7, 11) is 3.35. The lowest BCUT2D eigenvalue weighted by Gasteiger charge is -2.03. The SMILES string of the molecule is CN=C(N)c1ccc(-c2ccc(-c3ccc(C(N)=NC)cc3)o2)cc1. The molecule has 0 spiro atoms. The lowest BCUT2D eigenvalue weighted by molar-refractivity contribution is 0.597. The van der Waals surface area contributed by atoms with Crippen LogP contribution >= 0.6 is 0 Å². The Bertz CT molecular complexity index is 843. The average Bonchev–Trinajstić information content (AvgIpc) is 3.17. The van der Waals surface area contributed by atoms with Crippen molar-refractivity contribution < 1.29 is 4.42 Å². The first-order chi connectivity index (χ1) is 12.1. The standard InChI is InChI=1S/C20H20N4O/c1-23-19(21)15-7-3-13(4-8-15)17-11-12-18(25-17)14-5-9-16(10-6-14)20(22)24-2/h3-12H,1-2H3,(H2,21,23)(H2,22,24). The predicted molar refractivity (Wildman–Crippen MR) is 103 cm³/mol. The van der Waals surface area contributed by atoms with E-state index < -0.39 is 0 Å². The van der Waals surface area contributed by atoms with Crippen molar-refractivity contribution in [2.24, 2.45) is 21.5 Å². The molecule has 5 nitrogen and oxygen atoms in total. The Morgan fingerprint density at radius 1 is 0.640 bits per heavy atom. The first-order valence-corrected chi connectivity index (χ1v) is 7.88. The highest BCUT2D eigenvalue weighted by Gasteiger charge is 2.08. The Hall–Kier alpha value is -3.34. The molecule has 3 aromatic rings. The van der Waals surface area contributed by atoms with E-state index in [1.165, 1.54) is 0 Å². The largest absolute Gasteiger partial charge is 0.456 e. The smallest absolute Gasteiger partial charge is 0.134 e. The summed E-state index contributed by atoms with van der Waals surface area (Å²) in [6.07, 6.45) is 0. The molecule has 1 aromatic heterocycles. The zero-order valence-electron chi connectivity index (χ0n) is 14.2. The monoisotopic (exact) mass is 332 g/mol. The molecule has 5 heteroatoms. The topological polar surface area (TPSA) is 89.9 Å². The number of amidine groups is 2. The van der Waals surface area contributed by atoms with E-state index in [0.29, 0.717) is 11.7 Å². The Morgan fingerprint density at radius 3 is 1.32 bits per heavy atom. The molecule has 0 saturated carbocycles. The van der Waals surface area contributed by atoms with Crippen LogP contribution in [-0.2, 0) is 0 Å². The first-order valence-electron chi connectivity index (χ1n) is 7.88. The van der Waals surface area contributed by atoms with E-state index in [4.69, 9.17) is 15.9 Å². The third-order valence-corrected chi connectivity index (χ3v) is 4.02. The molecule has 0 amide bonds. The van der Waals surface area contributed by atoms with Gasteiger partial charge in [-0.15, -0.1) is 0 Å². The van der Waals surface area contributed by atoms with E-state index in [1.807, 2.05) is 60.7 Å². The maximum atomic E-state index is 5.99. The van der Waals surface area contributed by atoms with Gasteiger partial charge >= 0.3 is 0 Å². The van der Waals surface area contributed by atoms with Crippen molar-refractivity contribution in [1.82, 2.24) is 0 Å². The van der Waals surface area contributed by atoms with Crippen LogP contribution in [0.25, 0.3) is 22.6 Å². The van der Waals surface area contributed by atoms with Gasteiger partial charge in [-0.3, -0.25) is 9.98 Å². The fourth-order valence-electron chi connectivity index (χ4n) is 2.52. The van der Waals surface area contributed by atoms with Gasteiger partial charge in [0.05, 0.1) is 0 Å². The molecule has 25 heavy (non-hydrogen) atoms. The summed E-state index contributed by atoms with van der Waals surface area (Å²) in [6, 6.07) is 19.5. The first kappa shape index (κ1) is 16.5. The number of nitrogens with zero attached hydrogens (tertiary/aromatic N) is 2. The molecule has 0 radical (unpaired) electrons. The van der Waals surface area contributed by atoms with Crippen LogP contribution in [0.5, 0.6) is 0 Å². The van der Waals surface area contributed by atoms with Crippen molar-refractivity contribution in [3.8, 4) is 22.6 Å². The summed E-state index contributed by atoms with van der Waals surface area (Å²) in [5.41, 5.74) is 15.4. The molecule has 126 valence electrons. The van der Waals surface area contributed by atoms with Crippen molar-refractivity contribution in [2.75, 3.05) is 14.1 Å². The second-order valence-corrected chi connectivity index (χ2v) is 5.54. The molecule has 0 unspecified atom stereocenters. The van der Waals surface area contributed by atoms with Gasteiger partial charge < -0.3 is 15.9 Å². The van der Waals surface area contributed by atoms with Crippen molar-refractivity contribution >= 4 is 11.7 Å². The van der Waals surface area contributed by atoms with Crippen LogP contribution in [0.2, 0.25) is 0 Å². The van der Waals surface area contributed by atoms with Gasteiger partial charge in [0, 0.05) is 36.3 Å². The maximum Gasteiger partial charge on any atom is 0.134 e. The van der Waals surface area contributed by atoms with E-state index in [-0.39, 0.29) is 0 Å². The van der Waals surface area contributed by atoms with Crippen LogP contribution in [0, 0.1) is 0 Å². The zero-order chi connectivity index (χ0) is 17.8. The van der Waals surface area contributed by atoms with Gasteiger partial charge in [-0.25, -0.2) is 0 Å². The van der Waals surface area contributed by atoms with Crippen molar-refractivity contribution in [3.05, 3.63) is 71.8 Å². The number of rotatable bonds is 4. The van der Waals surface area contributed by atoms with Gasteiger partial charge in [0.1, 0.15) is 23.2 Å². The number of benzene rings is 2. The molecule has 0 aliphatic heterocycles. The zero-order valence-corrected chi connectivity index (χ0v) is 14.2. The molecule has 3 rings (SSSR count). The highest BCUT2D eigenvalue weighted by molar-refractivity contribution is 5.98. The second-order valence-electron chi connectivity index (χ2n) is 5.54. The van der Waals surface area contributed by atoms with Crippen molar-refractivity contribution in [2.45, 2.75) is 0 Å². The molecule has 0 bridgehead atoms. The van der Waals surface area contributed by atoms with E-state index in [9.17, 15) is 0 Å². The predicted octanol–water partition coefficient (Wildman–Crippen LogP) is 3.28. The molecular formula is C20H20N4O. The summed E-state index contributed by atoms with van der Waals surface area (Å²) in [4.78, 5) is 7.97. The molecular weight excluding hydrogens is 312 g/mol. The molecule has 1 heterocycles. The Labute approximate surface area is 146 Å². The Balaban J connectivity index is 1.85. The van der Waals surface area contributed by atoms with Crippen LogP contribution < -0.4 is 11.5 Å². The fourth-order valence-corrected chi connectivity index (χ4v) is 2.52. The van der Waals surface area contributed by atoms with Gasteiger partial charge in [0.2, 0.25) is 0 Å². The molecule has 0 fully saturated rings. The van der Waals surface area contributed by atoms with Gasteiger partial charge in [0.25, 0.3) is 0 Å². The molecule has 4 N–H and O–H groups in total. The van der Waals surface area contributed by atoms with Gasteiger partial charge in [-0.05, 0) is 12.1 Å². The third-order valence-electron chi connectivity index (χ3n) is 4.02. The minimum Gasteiger partial charge on any atom is -0.456 e. The number of aliphatic imine (C=N–C) groups is 2. The van der Waals surface area contributed by atoms with Gasteiger partial charge in [-0.2, -0.15) is 0 Å². The lowest BCUT2D eigenvalue weighted by Crippen LogP contribution is -2.12. The van der Waals surface area contributed by atoms with Crippen molar-refractivity contribution in [1.29, 1.82) is 0 Å². The lowest BCUT2D eigenvalue weighted by atomic mass is 10.1. The van der Waals surface area contributed by atoms with E-state index in [2.05, 4.69) is 9.98 Å². The fraction of sp³-hybridized carbons (Fsp3) is 0.100. The number of furan rings is 1. The summed E-state index contributed by atoms with van der Waals surface area (Å²) in [5.74, 6) is 2.63. The summed E-state index contributed by atoms with van der Waals surface area (Å²) >= 11 is 0. The molecule has 0 saturated heterocycles. The summed E-state index contributed by atoms with van der Waals surface area (Å²) < 4.78 is 5.99. The molecule has 0 atom stereocenters. The Kier molecular flexibility index (Phi) is 4.66.